The molecule has 0 saturated carbocycles. The van der Waals surface area contributed by atoms with E-state index in [0.29, 0.717) is 4.91 Å². The van der Waals surface area contributed by atoms with Crippen LogP contribution in [-0.4, -0.2) is 41.6 Å². The number of carbonyl (C=O) groups excluding carboxylic acids is 3. The number of hydrogen-bond donors (Lipinski definition) is 1. The van der Waals surface area contributed by atoms with E-state index in [9.17, 15) is 14.4 Å². The van der Waals surface area contributed by atoms with Gasteiger partial charge in [-0.2, -0.15) is 0 Å². The maximum absolute atomic E-state index is 12.9. The Morgan fingerprint density at radius 1 is 1.00 bits per heavy atom. The second-order valence-corrected chi connectivity index (χ2v) is 9.66. The summed E-state index contributed by atoms with van der Waals surface area (Å²) in [6.07, 6.45) is 5.46. The number of thioether (sulfide) groups is 1. The second-order valence-electron chi connectivity index (χ2n) is 8.67. The van der Waals surface area contributed by atoms with Crippen LogP contribution in [0.4, 0.5) is 16.2 Å². The number of nitrogens with zero attached hydrogens (tertiary/aromatic N) is 2. The quantitative estimate of drug-likeness (QED) is 0.611. The normalized spacial score (nSPS) is 17.7. The van der Waals surface area contributed by atoms with E-state index in [-0.39, 0.29) is 6.54 Å². The van der Waals surface area contributed by atoms with Crippen molar-refractivity contribution >= 4 is 46.3 Å². The number of para-hydroxylation sites is 1. The molecule has 2 aromatic carbocycles. The number of amides is 3. The molecule has 2 saturated heterocycles. The zero-order chi connectivity index (χ0) is 23.5. The molecule has 2 aliphatic rings. The van der Waals surface area contributed by atoms with Crippen LogP contribution in [0.2, 0.25) is 0 Å². The van der Waals surface area contributed by atoms with E-state index in [1.807, 2.05) is 45.0 Å². The predicted octanol–water partition coefficient (Wildman–Crippen LogP) is 5.28. The zero-order valence-corrected chi connectivity index (χ0v) is 20.1. The number of aryl methyl sites for hydroxylation is 3. The highest BCUT2D eigenvalue weighted by atomic mass is 32.2. The first kappa shape index (κ1) is 23.1. The lowest BCUT2D eigenvalue weighted by Crippen LogP contribution is -2.36. The molecule has 0 radical (unpaired) electrons. The maximum atomic E-state index is 12.9. The molecule has 6 nitrogen and oxygen atoms in total. The topological polar surface area (TPSA) is 69.7 Å². The van der Waals surface area contributed by atoms with Crippen molar-refractivity contribution in [2.75, 3.05) is 29.9 Å². The van der Waals surface area contributed by atoms with Gasteiger partial charge in [0.2, 0.25) is 5.91 Å². The molecular weight excluding hydrogens is 434 g/mol. The Balaban J connectivity index is 1.46. The number of hydrogen-bond acceptors (Lipinski definition) is 5. The molecule has 7 heteroatoms. The first-order valence-corrected chi connectivity index (χ1v) is 12.1. The van der Waals surface area contributed by atoms with E-state index < -0.39 is 17.1 Å². The van der Waals surface area contributed by atoms with Gasteiger partial charge in [0.1, 0.15) is 6.54 Å². The molecule has 0 unspecified atom stereocenters. The highest BCUT2D eigenvalue weighted by molar-refractivity contribution is 8.18. The zero-order valence-electron chi connectivity index (χ0n) is 19.3. The van der Waals surface area contributed by atoms with Gasteiger partial charge in [0.05, 0.1) is 4.91 Å². The molecule has 1 N–H and O–H groups in total. The van der Waals surface area contributed by atoms with Crippen LogP contribution >= 0.6 is 11.8 Å². The Bertz CT molecular complexity index is 1120. The summed E-state index contributed by atoms with van der Waals surface area (Å²) in [4.78, 5) is 41.7. The third-order valence-corrected chi connectivity index (χ3v) is 7.09. The average molecular weight is 464 g/mol. The number of anilines is 2. The fourth-order valence-electron chi connectivity index (χ4n) is 4.28. The fourth-order valence-corrected chi connectivity index (χ4v) is 5.11. The van der Waals surface area contributed by atoms with E-state index in [2.05, 4.69) is 22.3 Å². The fraction of sp³-hybridized carbons (Fsp3) is 0.346. The number of imide groups is 1. The summed E-state index contributed by atoms with van der Waals surface area (Å²) >= 11 is 0.880. The van der Waals surface area contributed by atoms with Gasteiger partial charge in [-0.25, -0.2) is 0 Å². The van der Waals surface area contributed by atoms with Gasteiger partial charge < -0.3 is 10.2 Å². The number of piperidine rings is 1. The summed E-state index contributed by atoms with van der Waals surface area (Å²) in [5.41, 5.74) is 5.73. The van der Waals surface area contributed by atoms with Gasteiger partial charge in [0.25, 0.3) is 11.1 Å². The highest BCUT2D eigenvalue weighted by Crippen LogP contribution is 2.33. The summed E-state index contributed by atoms with van der Waals surface area (Å²) in [6, 6.07) is 11.9. The first-order chi connectivity index (χ1) is 15.8. The summed E-state index contributed by atoms with van der Waals surface area (Å²) < 4.78 is 0. The largest absolute Gasteiger partial charge is 0.372 e. The van der Waals surface area contributed by atoms with Crippen LogP contribution in [0.25, 0.3) is 6.08 Å². The SMILES string of the molecule is Cc1cc(N2CCCCC2)ccc1/C=C1/SC(=O)N(CC(=O)Nc2c(C)cccc2C)C1=O. The Morgan fingerprint density at radius 3 is 2.36 bits per heavy atom. The highest BCUT2D eigenvalue weighted by Gasteiger charge is 2.36. The molecular formula is C26H29N3O3S. The van der Waals surface area contributed by atoms with E-state index in [4.69, 9.17) is 0 Å². The second kappa shape index (κ2) is 9.83. The van der Waals surface area contributed by atoms with Crippen molar-refractivity contribution in [2.45, 2.75) is 40.0 Å². The van der Waals surface area contributed by atoms with Crippen molar-refractivity contribution in [3.63, 3.8) is 0 Å². The molecule has 3 amide bonds. The number of carbonyl (C=O) groups is 3. The molecule has 0 atom stereocenters. The van der Waals surface area contributed by atoms with Gasteiger partial charge in [0, 0.05) is 24.5 Å². The molecule has 2 heterocycles. The Hall–Kier alpha value is -3.06. The molecule has 0 aromatic heterocycles. The van der Waals surface area contributed by atoms with Crippen molar-refractivity contribution in [3.8, 4) is 0 Å². The van der Waals surface area contributed by atoms with Crippen molar-refractivity contribution in [3.05, 3.63) is 63.6 Å². The maximum Gasteiger partial charge on any atom is 0.294 e. The number of rotatable bonds is 5. The molecule has 2 aromatic rings. The number of benzene rings is 2. The van der Waals surface area contributed by atoms with Crippen molar-refractivity contribution in [1.29, 1.82) is 0 Å². The van der Waals surface area contributed by atoms with Gasteiger partial charge >= 0.3 is 0 Å². The first-order valence-electron chi connectivity index (χ1n) is 11.3. The third kappa shape index (κ3) is 5.14. The third-order valence-electron chi connectivity index (χ3n) is 6.18. The summed E-state index contributed by atoms with van der Waals surface area (Å²) in [6.45, 7) is 7.67. The minimum Gasteiger partial charge on any atom is -0.372 e. The molecule has 33 heavy (non-hydrogen) atoms. The Morgan fingerprint density at radius 2 is 1.70 bits per heavy atom. The minimum atomic E-state index is -0.429. The van der Waals surface area contributed by atoms with E-state index in [1.165, 1.54) is 24.9 Å². The van der Waals surface area contributed by atoms with E-state index in [0.717, 1.165) is 57.7 Å². The smallest absolute Gasteiger partial charge is 0.294 e. The van der Waals surface area contributed by atoms with Crippen LogP contribution in [0.1, 0.15) is 41.5 Å². The van der Waals surface area contributed by atoms with Crippen LogP contribution in [0.15, 0.2) is 41.3 Å². The minimum absolute atomic E-state index is 0.303. The van der Waals surface area contributed by atoms with Gasteiger partial charge in [-0.3, -0.25) is 19.3 Å². The average Bonchev–Trinajstić information content (AvgIpc) is 3.05. The summed E-state index contributed by atoms with van der Waals surface area (Å²) in [5, 5.41) is 2.41. The van der Waals surface area contributed by atoms with Crippen molar-refractivity contribution in [2.24, 2.45) is 0 Å². The Kier molecular flexibility index (Phi) is 6.88. The van der Waals surface area contributed by atoms with Gasteiger partial charge in [-0.1, -0.05) is 24.3 Å². The van der Waals surface area contributed by atoms with Crippen LogP contribution in [0, 0.1) is 20.8 Å². The molecule has 2 fully saturated rings. The molecule has 2 aliphatic heterocycles. The van der Waals surface area contributed by atoms with Crippen molar-refractivity contribution < 1.29 is 14.4 Å². The lowest BCUT2D eigenvalue weighted by atomic mass is 10.0. The molecule has 4 rings (SSSR count). The van der Waals surface area contributed by atoms with Crippen LogP contribution in [0.3, 0.4) is 0 Å². The lowest BCUT2D eigenvalue weighted by Gasteiger charge is -2.29. The van der Waals surface area contributed by atoms with Crippen LogP contribution in [-0.2, 0) is 9.59 Å². The predicted molar refractivity (Wildman–Crippen MR) is 134 cm³/mol. The van der Waals surface area contributed by atoms with Gasteiger partial charge in [-0.15, -0.1) is 0 Å². The molecule has 0 spiro atoms. The monoisotopic (exact) mass is 463 g/mol. The van der Waals surface area contributed by atoms with Gasteiger partial charge in [0.15, 0.2) is 0 Å². The van der Waals surface area contributed by atoms with E-state index >= 15 is 0 Å². The molecule has 0 bridgehead atoms. The van der Waals surface area contributed by atoms with Gasteiger partial charge in [-0.05, 0) is 92.3 Å². The standard InChI is InChI=1S/C26H29N3O3S/c1-17-8-7-9-18(2)24(17)27-23(30)16-29-25(31)22(33-26(29)32)15-20-10-11-21(14-19(20)3)28-12-5-4-6-13-28/h7-11,14-15H,4-6,12-13,16H2,1-3H3,(H,27,30)/b22-15+. The van der Waals surface area contributed by atoms with Crippen LogP contribution < -0.4 is 10.2 Å². The van der Waals surface area contributed by atoms with Crippen molar-refractivity contribution in [1.82, 2.24) is 4.90 Å². The van der Waals surface area contributed by atoms with E-state index in [1.54, 1.807) is 6.08 Å². The lowest BCUT2D eigenvalue weighted by molar-refractivity contribution is -0.127. The van der Waals surface area contributed by atoms with Crippen LogP contribution in [0.5, 0.6) is 0 Å². The molecule has 172 valence electrons. The summed E-state index contributed by atoms with van der Waals surface area (Å²) in [5.74, 6) is -0.820. The molecule has 0 aliphatic carbocycles. The summed E-state index contributed by atoms with van der Waals surface area (Å²) in [7, 11) is 0. The number of nitrogens with one attached hydrogen (secondary N) is 1. The Labute approximate surface area is 199 Å².